The zero-order valence-electron chi connectivity index (χ0n) is 7.41. The lowest BCUT2D eigenvalue weighted by molar-refractivity contribution is 0.369. The molecular weight excluding hydrogens is 210 g/mol. The van der Waals surface area contributed by atoms with E-state index < -0.39 is 0 Å². The summed E-state index contributed by atoms with van der Waals surface area (Å²) in [6.45, 7) is 4.38. The topological polar surface area (TPSA) is 31.4 Å². The predicted octanol–water partition coefficient (Wildman–Crippen LogP) is 3.02. The van der Waals surface area contributed by atoms with Crippen LogP contribution in [-0.4, -0.2) is 11.6 Å². The summed E-state index contributed by atoms with van der Waals surface area (Å²) in [5.41, 5.74) is 0.997. The van der Waals surface area contributed by atoms with Gasteiger partial charge in [0.1, 0.15) is 0 Å². The van der Waals surface area contributed by atoms with Gasteiger partial charge in [-0.1, -0.05) is 11.6 Å². The third kappa shape index (κ3) is 3.42. The Morgan fingerprint density at radius 3 is 3.08 bits per heavy atom. The van der Waals surface area contributed by atoms with E-state index in [1.165, 1.54) is 0 Å². The fourth-order valence-electron chi connectivity index (χ4n) is 0.693. The quantitative estimate of drug-likeness (QED) is 0.443. The smallest absolute Gasteiger partial charge is 0.225 e. The number of pyridine rings is 1. The Morgan fingerprint density at radius 2 is 2.38 bits per heavy atom. The number of halogens is 1. The van der Waals surface area contributed by atoms with Gasteiger partial charge in [-0.25, -0.2) is 4.98 Å². The first-order valence-corrected chi connectivity index (χ1v) is 4.86. The molecule has 1 rings (SSSR count). The van der Waals surface area contributed by atoms with Gasteiger partial charge in [-0.2, -0.15) is 0 Å². The molecule has 0 fully saturated rings. The first kappa shape index (κ1) is 10.6. The highest BCUT2D eigenvalue weighted by Crippen LogP contribution is 2.25. The minimum atomic E-state index is 0.345. The Labute approximate surface area is 86.8 Å². The van der Waals surface area contributed by atoms with Crippen molar-refractivity contribution >= 4 is 23.9 Å². The average Bonchev–Trinajstić information content (AvgIpc) is 2.11. The Kier molecular flexibility index (Phi) is 4.35. The molecule has 0 amide bonds. The number of aromatic nitrogens is 1. The predicted molar refractivity (Wildman–Crippen MR) is 53.8 cm³/mol. The lowest BCUT2D eigenvalue weighted by Crippen LogP contribution is -1.88. The largest absolute Gasteiger partial charge is 0.397 e. The Balaban J connectivity index is 2.59. The molecule has 5 heteroatoms. The molecule has 0 saturated carbocycles. The Morgan fingerprint density at radius 1 is 1.62 bits per heavy atom. The summed E-state index contributed by atoms with van der Waals surface area (Å²) in [7, 11) is 0. The standard InChI is InChI=1S/C8H10ClNO2S/c1-3-11-13-12-7-4-6(2)5-10-8(7)9/h4-5H,3H2,1-2H3. The number of aryl methyl sites for hydroxylation is 1. The summed E-state index contributed by atoms with van der Waals surface area (Å²) in [6.07, 6.45) is 1.68. The van der Waals surface area contributed by atoms with Crippen molar-refractivity contribution in [2.75, 3.05) is 6.61 Å². The van der Waals surface area contributed by atoms with E-state index in [1.54, 1.807) is 12.3 Å². The first-order chi connectivity index (χ1) is 6.24. The maximum Gasteiger partial charge on any atom is 0.225 e. The highest BCUT2D eigenvalue weighted by Gasteiger charge is 2.03. The molecule has 3 nitrogen and oxygen atoms in total. The van der Waals surface area contributed by atoms with Gasteiger partial charge in [-0.05, 0) is 25.5 Å². The van der Waals surface area contributed by atoms with Crippen LogP contribution >= 0.6 is 23.9 Å². The van der Waals surface area contributed by atoms with E-state index in [2.05, 4.69) is 4.98 Å². The van der Waals surface area contributed by atoms with Crippen LogP contribution in [0.1, 0.15) is 12.5 Å². The fraction of sp³-hybridized carbons (Fsp3) is 0.375. The second-order valence-electron chi connectivity index (χ2n) is 2.36. The first-order valence-electron chi connectivity index (χ1n) is 3.82. The zero-order chi connectivity index (χ0) is 9.68. The van der Waals surface area contributed by atoms with Crippen LogP contribution in [0.4, 0.5) is 0 Å². The van der Waals surface area contributed by atoms with Crippen LogP contribution in [0.15, 0.2) is 12.3 Å². The van der Waals surface area contributed by atoms with Crippen LogP contribution in [0.25, 0.3) is 0 Å². The van der Waals surface area contributed by atoms with Crippen molar-refractivity contribution in [3.63, 3.8) is 0 Å². The molecule has 0 atom stereocenters. The number of nitrogens with zero attached hydrogens (tertiary/aromatic N) is 1. The lowest BCUT2D eigenvalue weighted by atomic mass is 10.3. The number of hydrogen-bond acceptors (Lipinski definition) is 4. The van der Waals surface area contributed by atoms with E-state index in [9.17, 15) is 0 Å². The molecule has 0 bridgehead atoms. The van der Waals surface area contributed by atoms with Crippen LogP contribution in [0.2, 0.25) is 5.15 Å². The van der Waals surface area contributed by atoms with Crippen molar-refractivity contribution < 1.29 is 8.37 Å². The normalized spacial score (nSPS) is 10.1. The molecule has 0 radical (unpaired) electrons. The highest BCUT2D eigenvalue weighted by atomic mass is 35.5. The number of rotatable bonds is 4. The van der Waals surface area contributed by atoms with Gasteiger partial charge in [0.15, 0.2) is 10.9 Å². The fourth-order valence-corrected chi connectivity index (χ4v) is 1.23. The summed E-state index contributed by atoms with van der Waals surface area (Å²) in [6, 6.07) is 1.81. The van der Waals surface area contributed by atoms with Gasteiger partial charge >= 0.3 is 0 Å². The van der Waals surface area contributed by atoms with Crippen molar-refractivity contribution in [3.05, 3.63) is 23.0 Å². The van der Waals surface area contributed by atoms with Gasteiger partial charge in [0.05, 0.1) is 6.61 Å². The highest BCUT2D eigenvalue weighted by molar-refractivity contribution is 7.90. The van der Waals surface area contributed by atoms with Gasteiger partial charge in [0, 0.05) is 6.20 Å². The second-order valence-corrected chi connectivity index (χ2v) is 3.26. The van der Waals surface area contributed by atoms with E-state index in [4.69, 9.17) is 20.0 Å². The van der Waals surface area contributed by atoms with Crippen LogP contribution < -0.4 is 4.18 Å². The van der Waals surface area contributed by atoms with E-state index in [-0.39, 0.29) is 0 Å². The van der Waals surface area contributed by atoms with Gasteiger partial charge in [0.25, 0.3) is 0 Å². The molecule has 72 valence electrons. The molecule has 0 unspecified atom stereocenters. The molecule has 1 aromatic heterocycles. The van der Waals surface area contributed by atoms with Gasteiger partial charge in [0.2, 0.25) is 12.3 Å². The third-order valence-electron chi connectivity index (χ3n) is 1.23. The average molecular weight is 220 g/mol. The number of hydrogen-bond donors (Lipinski definition) is 0. The Bertz CT molecular complexity index is 283. The molecule has 0 aliphatic heterocycles. The van der Waals surface area contributed by atoms with Crippen LogP contribution in [0, 0.1) is 6.92 Å². The van der Waals surface area contributed by atoms with Crippen molar-refractivity contribution in [1.82, 2.24) is 4.98 Å². The minimum absolute atomic E-state index is 0.345. The zero-order valence-corrected chi connectivity index (χ0v) is 8.98. The van der Waals surface area contributed by atoms with Crippen LogP contribution in [0.5, 0.6) is 5.75 Å². The molecule has 13 heavy (non-hydrogen) atoms. The van der Waals surface area contributed by atoms with E-state index in [1.807, 2.05) is 13.8 Å². The van der Waals surface area contributed by atoms with Gasteiger partial charge < -0.3 is 4.18 Å². The van der Waals surface area contributed by atoms with Crippen molar-refractivity contribution in [3.8, 4) is 5.75 Å². The SMILES string of the molecule is CCOSOc1cc(C)cnc1Cl. The summed E-state index contributed by atoms with van der Waals surface area (Å²) < 4.78 is 10.1. The van der Waals surface area contributed by atoms with Crippen molar-refractivity contribution in [2.24, 2.45) is 0 Å². The van der Waals surface area contributed by atoms with Crippen molar-refractivity contribution in [1.29, 1.82) is 0 Å². The Hall–Kier alpha value is -0.450. The van der Waals surface area contributed by atoms with Gasteiger partial charge in [-0.3, -0.25) is 4.18 Å². The lowest BCUT2D eigenvalue weighted by Gasteiger charge is -2.04. The van der Waals surface area contributed by atoms with Crippen molar-refractivity contribution in [2.45, 2.75) is 13.8 Å². The molecule has 1 heterocycles. The second kappa shape index (κ2) is 5.32. The molecule has 0 aromatic carbocycles. The maximum absolute atomic E-state index is 5.77. The summed E-state index contributed by atoms with van der Waals surface area (Å²) in [4.78, 5) is 3.93. The monoisotopic (exact) mass is 219 g/mol. The van der Waals surface area contributed by atoms with E-state index in [0.29, 0.717) is 17.5 Å². The molecule has 0 aliphatic carbocycles. The van der Waals surface area contributed by atoms with E-state index >= 15 is 0 Å². The molecule has 1 aromatic rings. The molecule has 0 aliphatic rings. The molecule has 0 N–H and O–H groups in total. The third-order valence-corrected chi connectivity index (χ3v) is 2.10. The maximum atomic E-state index is 5.77. The molecular formula is C8H10ClNO2S. The van der Waals surface area contributed by atoms with E-state index in [0.717, 1.165) is 17.9 Å². The summed E-state index contributed by atoms with van der Waals surface area (Å²) in [5.74, 6) is 0.528. The summed E-state index contributed by atoms with van der Waals surface area (Å²) in [5, 5.41) is 0.345. The molecule has 0 spiro atoms. The van der Waals surface area contributed by atoms with Crippen LogP contribution in [-0.2, 0) is 4.18 Å². The van der Waals surface area contributed by atoms with Crippen LogP contribution in [0.3, 0.4) is 0 Å². The minimum Gasteiger partial charge on any atom is -0.397 e. The summed E-state index contributed by atoms with van der Waals surface area (Å²) >= 11 is 6.67. The van der Waals surface area contributed by atoms with Gasteiger partial charge in [-0.15, -0.1) is 0 Å². The molecule has 0 saturated heterocycles.